The van der Waals surface area contributed by atoms with Crippen molar-refractivity contribution in [2.45, 2.75) is 32.4 Å². The van der Waals surface area contributed by atoms with Gasteiger partial charge in [0.25, 0.3) is 0 Å². The van der Waals surface area contributed by atoms with Crippen LogP contribution in [0.15, 0.2) is 30.3 Å². The average molecular weight is 324 g/mol. The molecule has 0 bridgehead atoms. The Kier molecular flexibility index (Phi) is 2.85. The van der Waals surface area contributed by atoms with Crippen molar-refractivity contribution in [1.82, 2.24) is 14.9 Å². The number of nitrogens with zero attached hydrogens (tertiary/aromatic N) is 2. The molecule has 3 nitrogen and oxygen atoms in total. The molecule has 3 aromatic rings. The molecule has 0 saturated carbocycles. The van der Waals surface area contributed by atoms with E-state index in [9.17, 15) is 0 Å². The van der Waals surface area contributed by atoms with Gasteiger partial charge >= 0.3 is 0 Å². The Morgan fingerprint density at radius 2 is 2.13 bits per heavy atom. The standard InChI is InChI=1S/C19H18ClN3/c1-11-8-12-9-17-18-14(13-4-2-3-5-16(13)22-18)6-7-23(17)10-15(12)19(20)21-11/h2-5,8,17,22H,6-7,9-10H2,1H3. The number of aryl methyl sites for hydroxylation is 1. The Labute approximate surface area is 140 Å². The van der Waals surface area contributed by atoms with Crippen LogP contribution in [0.2, 0.25) is 5.15 Å². The van der Waals surface area contributed by atoms with E-state index >= 15 is 0 Å². The third-order valence-electron chi connectivity index (χ3n) is 5.34. The summed E-state index contributed by atoms with van der Waals surface area (Å²) in [5.41, 5.74) is 7.74. The third-order valence-corrected chi connectivity index (χ3v) is 5.65. The van der Waals surface area contributed by atoms with Crippen molar-refractivity contribution in [3.05, 3.63) is 63.6 Å². The van der Waals surface area contributed by atoms with Gasteiger partial charge in [-0.1, -0.05) is 29.8 Å². The van der Waals surface area contributed by atoms with Crippen molar-refractivity contribution in [3.63, 3.8) is 0 Å². The highest BCUT2D eigenvalue weighted by molar-refractivity contribution is 6.30. The summed E-state index contributed by atoms with van der Waals surface area (Å²) in [5.74, 6) is 0. The fraction of sp³-hybridized carbons (Fsp3) is 0.316. The minimum absolute atomic E-state index is 0.427. The van der Waals surface area contributed by atoms with Gasteiger partial charge in [0.1, 0.15) is 5.15 Å². The molecule has 1 atom stereocenters. The minimum Gasteiger partial charge on any atom is -0.357 e. The molecule has 1 aromatic carbocycles. The summed E-state index contributed by atoms with van der Waals surface area (Å²) in [4.78, 5) is 10.7. The van der Waals surface area contributed by atoms with Crippen molar-refractivity contribution in [2.75, 3.05) is 6.54 Å². The number of nitrogens with one attached hydrogen (secondary N) is 1. The Morgan fingerprint density at radius 3 is 3.04 bits per heavy atom. The molecule has 2 aliphatic heterocycles. The van der Waals surface area contributed by atoms with E-state index in [0.717, 1.165) is 31.6 Å². The summed E-state index contributed by atoms with van der Waals surface area (Å²) in [6.45, 7) is 4.01. The predicted molar refractivity (Wildman–Crippen MR) is 92.8 cm³/mol. The number of fused-ring (bicyclic) bond motifs is 6. The van der Waals surface area contributed by atoms with Crippen molar-refractivity contribution >= 4 is 22.5 Å². The zero-order valence-electron chi connectivity index (χ0n) is 13.1. The number of benzene rings is 1. The van der Waals surface area contributed by atoms with E-state index < -0.39 is 0 Å². The maximum Gasteiger partial charge on any atom is 0.134 e. The molecule has 116 valence electrons. The molecule has 4 heteroatoms. The number of pyridine rings is 1. The number of hydrogen-bond donors (Lipinski definition) is 1. The van der Waals surface area contributed by atoms with Crippen LogP contribution in [-0.4, -0.2) is 21.4 Å². The second-order valence-corrected chi connectivity index (χ2v) is 7.05. The SMILES string of the molecule is Cc1cc2c(c(Cl)n1)CN1CCc3c([nH]c4ccccc34)C1C2. The van der Waals surface area contributed by atoms with E-state index in [0.29, 0.717) is 11.2 Å². The Balaban J connectivity index is 1.65. The molecule has 0 saturated heterocycles. The number of para-hydroxylation sites is 1. The lowest BCUT2D eigenvalue weighted by molar-refractivity contribution is 0.158. The van der Waals surface area contributed by atoms with E-state index in [1.807, 2.05) is 6.92 Å². The number of rotatable bonds is 0. The highest BCUT2D eigenvalue weighted by Crippen LogP contribution is 2.41. The molecular weight excluding hydrogens is 306 g/mol. The summed E-state index contributed by atoms with van der Waals surface area (Å²) >= 11 is 6.40. The van der Waals surface area contributed by atoms with Crippen LogP contribution in [0.1, 0.15) is 34.1 Å². The van der Waals surface area contributed by atoms with Crippen LogP contribution in [-0.2, 0) is 19.4 Å². The third kappa shape index (κ3) is 1.97. The van der Waals surface area contributed by atoms with Crippen molar-refractivity contribution in [1.29, 1.82) is 0 Å². The van der Waals surface area contributed by atoms with E-state index in [4.69, 9.17) is 11.6 Å². The summed E-state index contributed by atoms with van der Waals surface area (Å²) < 4.78 is 0. The lowest BCUT2D eigenvalue weighted by atomic mass is 9.87. The van der Waals surface area contributed by atoms with Gasteiger partial charge in [0.15, 0.2) is 0 Å². The number of aromatic amines is 1. The van der Waals surface area contributed by atoms with Crippen LogP contribution < -0.4 is 0 Å². The van der Waals surface area contributed by atoms with Crippen LogP contribution in [0.4, 0.5) is 0 Å². The predicted octanol–water partition coefficient (Wildman–Crippen LogP) is 4.18. The molecule has 2 aliphatic rings. The molecule has 2 aromatic heterocycles. The molecule has 1 N–H and O–H groups in total. The van der Waals surface area contributed by atoms with E-state index in [1.165, 1.54) is 33.3 Å². The monoisotopic (exact) mass is 323 g/mol. The molecule has 0 aliphatic carbocycles. The molecule has 0 fully saturated rings. The Morgan fingerprint density at radius 1 is 1.26 bits per heavy atom. The van der Waals surface area contributed by atoms with Gasteiger partial charge in [-0.2, -0.15) is 0 Å². The van der Waals surface area contributed by atoms with E-state index in [2.05, 4.69) is 45.2 Å². The normalized spacial score (nSPS) is 20.2. The summed E-state index contributed by atoms with van der Waals surface area (Å²) in [6.07, 6.45) is 2.11. The van der Waals surface area contributed by atoms with Crippen LogP contribution in [0.25, 0.3) is 10.9 Å². The van der Waals surface area contributed by atoms with Gasteiger partial charge in [-0.25, -0.2) is 4.98 Å². The van der Waals surface area contributed by atoms with Gasteiger partial charge in [-0.15, -0.1) is 0 Å². The van der Waals surface area contributed by atoms with Crippen LogP contribution in [0.5, 0.6) is 0 Å². The topological polar surface area (TPSA) is 31.9 Å². The number of H-pyrrole nitrogens is 1. The number of halogens is 1. The van der Waals surface area contributed by atoms with Crippen molar-refractivity contribution in [2.24, 2.45) is 0 Å². The number of aromatic nitrogens is 2. The van der Waals surface area contributed by atoms with Crippen LogP contribution in [0, 0.1) is 6.92 Å². The second kappa shape index (κ2) is 4.83. The fourth-order valence-corrected chi connectivity index (χ4v) is 4.59. The second-order valence-electron chi connectivity index (χ2n) is 6.70. The van der Waals surface area contributed by atoms with Gasteiger partial charge in [0.2, 0.25) is 0 Å². The zero-order chi connectivity index (χ0) is 15.6. The van der Waals surface area contributed by atoms with Crippen LogP contribution >= 0.6 is 11.6 Å². The van der Waals surface area contributed by atoms with Gasteiger partial charge < -0.3 is 4.98 Å². The van der Waals surface area contributed by atoms with Crippen molar-refractivity contribution in [3.8, 4) is 0 Å². The summed E-state index contributed by atoms with van der Waals surface area (Å²) in [6, 6.07) is 11.3. The molecular formula is C19H18ClN3. The van der Waals surface area contributed by atoms with Gasteiger partial charge in [-0.3, -0.25) is 4.90 Å². The highest BCUT2D eigenvalue weighted by atomic mass is 35.5. The first-order valence-corrected chi connectivity index (χ1v) is 8.57. The number of hydrogen-bond acceptors (Lipinski definition) is 2. The molecule has 0 spiro atoms. The van der Waals surface area contributed by atoms with Crippen molar-refractivity contribution < 1.29 is 0 Å². The fourth-order valence-electron chi connectivity index (χ4n) is 4.28. The highest BCUT2D eigenvalue weighted by Gasteiger charge is 2.35. The molecule has 1 unspecified atom stereocenters. The Hall–Kier alpha value is -1.84. The lowest BCUT2D eigenvalue weighted by Crippen LogP contribution is -2.39. The lowest BCUT2D eigenvalue weighted by Gasteiger charge is -2.40. The molecule has 4 heterocycles. The average Bonchev–Trinajstić information content (AvgIpc) is 2.92. The Bertz CT molecular complexity index is 928. The van der Waals surface area contributed by atoms with E-state index in [1.54, 1.807) is 0 Å². The summed E-state index contributed by atoms with van der Waals surface area (Å²) in [7, 11) is 0. The molecule has 0 radical (unpaired) electrons. The maximum atomic E-state index is 6.40. The first kappa shape index (κ1) is 13.6. The smallest absolute Gasteiger partial charge is 0.134 e. The zero-order valence-corrected chi connectivity index (χ0v) is 13.8. The van der Waals surface area contributed by atoms with E-state index in [-0.39, 0.29) is 0 Å². The van der Waals surface area contributed by atoms with Gasteiger partial charge in [-0.05, 0) is 43.0 Å². The molecule has 5 rings (SSSR count). The van der Waals surface area contributed by atoms with Crippen LogP contribution in [0.3, 0.4) is 0 Å². The van der Waals surface area contributed by atoms with Gasteiger partial charge in [0.05, 0.1) is 6.04 Å². The molecule has 0 amide bonds. The largest absolute Gasteiger partial charge is 0.357 e. The first-order valence-electron chi connectivity index (χ1n) is 8.19. The minimum atomic E-state index is 0.427. The molecule has 23 heavy (non-hydrogen) atoms. The quantitative estimate of drug-likeness (QED) is 0.629. The summed E-state index contributed by atoms with van der Waals surface area (Å²) in [5, 5.41) is 2.07. The van der Waals surface area contributed by atoms with Gasteiger partial charge in [0, 0.05) is 40.9 Å². The maximum absolute atomic E-state index is 6.40. The first-order chi connectivity index (χ1) is 11.2.